The van der Waals surface area contributed by atoms with Crippen LogP contribution in [0.4, 0.5) is 0 Å². The summed E-state index contributed by atoms with van der Waals surface area (Å²) in [5.74, 6) is 0. The molecule has 0 radical (unpaired) electrons. The molecule has 0 fully saturated rings. The molecule has 0 spiro atoms. The Bertz CT molecular complexity index is 511. The lowest BCUT2D eigenvalue weighted by molar-refractivity contribution is 0.690. The molecular formula is C14H15ClN2. The largest absolute Gasteiger partial charge is 0.322 e. The van der Waals surface area contributed by atoms with E-state index in [-0.39, 0.29) is 6.04 Å². The standard InChI is InChI=1S/C14H15ClN2/c1-10-4-3-7-17-14(10)13(16)9-11-5-2-6-12(15)8-11/h2-8,13H,9,16H2,1H3. The van der Waals surface area contributed by atoms with Crippen LogP contribution in [-0.4, -0.2) is 4.98 Å². The lowest BCUT2D eigenvalue weighted by Crippen LogP contribution is -2.16. The highest BCUT2D eigenvalue weighted by Gasteiger charge is 2.10. The van der Waals surface area contributed by atoms with E-state index in [9.17, 15) is 0 Å². The lowest BCUT2D eigenvalue weighted by Gasteiger charge is -2.13. The molecule has 0 amide bonds. The Morgan fingerprint density at radius 3 is 2.82 bits per heavy atom. The van der Waals surface area contributed by atoms with Crippen LogP contribution in [0.3, 0.4) is 0 Å². The number of nitrogens with two attached hydrogens (primary N) is 1. The van der Waals surface area contributed by atoms with Gasteiger partial charge in [-0.05, 0) is 42.7 Å². The summed E-state index contributed by atoms with van der Waals surface area (Å²) in [5.41, 5.74) is 9.38. The molecule has 3 heteroatoms. The highest BCUT2D eigenvalue weighted by atomic mass is 35.5. The van der Waals surface area contributed by atoms with Gasteiger partial charge in [-0.2, -0.15) is 0 Å². The Morgan fingerprint density at radius 1 is 1.29 bits per heavy atom. The summed E-state index contributed by atoms with van der Waals surface area (Å²) in [6.07, 6.45) is 2.53. The fraction of sp³-hybridized carbons (Fsp3) is 0.214. The number of aromatic nitrogens is 1. The number of halogens is 1. The molecule has 2 N–H and O–H groups in total. The molecule has 1 unspecified atom stereocenters. The second kappa shape index (κ2) is 5.30. The summed E-state index contributed by atoms with van der Waals surface area (Å²) in [5, 5.41) is 0.743. The smallest absolute Gasteiger partial charge is 0.0603 e. The quantitative estimate of drug-likeness (QED) is 0.903. The maximum Gasteiger partial charge on any atom is 0.0603 e. The van der Waals surface area contributed by atoms with Crippen molar-refractivity contribution in [2.75, 3.05) is 0 Å². The van der Waals surface area contributed by atoms with Crippen LogP contribution in [0, 0.1) is 6.92 Å². The molecule has 1 aromatic heterocycles. The number of hydrogen-bond donors (Lipinski definition) is 1. The number of pyridine rings is 1. The second-order valence-corrected chi connectivity index (χ2v) is 4.58. The van der Waals surface area contributed by atoms with E-state index in [1.807, 2.05) is 43.3 Å². The Labute approximate surface area is 106 Å². The molecule has 17 heavy (non-hydrogen) atoms. The molecule has 0 saturated heterocycles. The van der Waals surface area contributed by atoms with Crippen molar-refractivity contribution in [3.8, 4) is 0 Å². The molecule has 2 nitrogen and oxygen atoms in total. The molecule has 0 bridgehead atoms. The van der Waals surface area contributed by atoms with E-state index in [1.165, 1.54) is 0 Å². The Kier molecular flexibility index (Phi) is 3.77. The van der Waals surface area contributed by atoms with E-state index in [0.29, 0.717) is 0 Å². The van der Waals surface area contributed by atoms with Crippen molar-refractivity contribution in [3.05, 3.63) is 64.4 Å². The molecule has 88 valence electrons. The molecule has 1 heterocycles. The average Bonchev–Trinajstić information content (AvgIpc) is 2.29. The van der Waals surface area contributed by atoms with Crippen molar-refractivity contribution in [2.45, 2.75) is 19.4 Å². The first kappa shape index (κ1) is 12.1. The number of aryl methyl sites for hydroxylation is 1. The van der Waals surface area contributed by atoms with E-state index in [0.717, 1.165) is 28.3 Å². The minimum absolute atomic E-state index is 0.0883. The fourth-order valence-corrected chi connectivity index (χ4v) is 2.11. The molecular weight excluding hydrogens is 232 g/mol. The monoisotopic (exact) mass is 246 g/mol. The fourth-order valence-electron chi connectivity index (χ4n) is 1.90. The van der Waals surface area contributed by atoms with Crippen molar-refractivity contribution in [3.63, 3.8) is 0 Å². The van der Waals surface area contributed by atoms with Crippen molar-refractivity contribution in [1.29, 1.82) is 0 Å². The van der Waals surface area contributed by atoms with E-state index in [1.54, 1.807) is 6.20 Å². The second-order valence-electron chi connectivity index (χ2n) is 4.15. The Hall–Kier alpha value is -1.38. The maximum absolute atomic E-state index is 6.17. The van der Waals surface area contributed by atoms with Crippen LogP contribution >= 0.6 is 11.6 Å². The Morgan fingerprint density at radius 2 is 2.12 bits per heavy atom. The molecule has 1 atom stereocenters. The summed E-state index contributed by atoms with van der Waals surface area (Å²) < 4.78 is 0. The molecule has 0 aliphatic rings. The third-order valence-electron chi connectivity index (χ3n) is 2.75. The Balaban J connectivity index is 2.17. The van der Waals surface area contributed by atoms with Gasteiger partial charge in [-0.15, -0.1) is 0 Å². The highest BCUT2D eigenvalue weighted by molar-refractivity contribution is 6.30. The van der Waals surface area contributed by atoms with Gasteiger partial charge in [0.05, 0.1) is 11.7 Å². The predicted octanol–water partition coefficient (Wildman–Crippen LogP) is 3.29. The van der Waals surface area contributed by atoms with Gasteiger partial charge in [-0.3, -0.25) is 4.98 Å². The van der Waals surface area contributed by atoms with Gasteiger partial charge in [-0.1, -0.05) is 29.8 Å². The lowest BCUT2D eigenvalue weighted by atomic mass is 10.0. The van der Waals surface area contributed by atoms with Gasteiger partial charge in [-0.25, -0.2) is 0 Å². The summed E-state index contributed by atoms with van der Waals surface area (Å²) in [7, 11) is 0. The zero-order valence-electron chi connectivity index (χ0n) is 9.73. The first-order chi connectivity index (χ1) is 8.16. The van der Waals surface area contributed by atoms with Gasteiger partial charge in [0, 0.05) is 11.2 Å². The minimum atomic E-state index is -0.0883. The van der Waals surface area contributed by atoms with Crippen LogP contribution in [0.1, 0.15) is 22.9 Å². The van der Waals surface area contributed by atoms with Gasteiger partial charge < -0.3 is 5.73 Å². The minimum Gasteiger partial charge on any atom is -0.322 e. The van der Waals surface area contributed by atoms with Crippen LogP contribution in [0.15, 0.2) is 42.6 Å². The molecule has 0 aliphatic carbocycles. The van der Waals surface area contributed by atoms with Crippen LogP contribution in [0.2, 0.25) is 5.02 Å². The van der Waals surface area contributed by atoms with Gasteiger partial charge >= 0.3 is 0 Å². The van der Waals surface area contributed by atoms with E-state index >= 15 is 0 Å². The summed E-state index contributed by atoms with van der Waals surface area (Å²) >= 11 is 5.95. The molecule has 0 aliphatic heterocycles. The third-order valence-corrected chi connectivity index (χ3v) is 2.98. The van der Waals surface area contributed by atoms with E-state index in [2.05, 4.69) is 4.98 Å². The summed E-state index contributed by atoms with van der Waals surface area (Å²) in [4.78, 5) is 4.34. The van der Waals surface area contributed by atoms with Crippen molar-refractivity contribution < 1.29 is 0 Å². The first-order valence-corrected chi connectivity index (χ1v) is 5.96. The van der Waals surface area contributed by atoms with Crippen LogP contribution in [0.5, 0.6) is 0 Å². The topological polar surface area (TPSA) is 38.9 Å². The third kappa shape index (κ3) is 3.05. The summed E-state index contributed by atoms with van der Waals surface area (Å²) in [6.45, 7) is 2.03. The number of nitrogens with zero attached hydrogens (tertiary/aromatic N) is 1. The normalized spacial score (nSPS) is 12.4. The van der Waals surface area contributed by atoms with Gasteiger partial charge in [0.2, 0.25) is 0 Å². The van der Waals surface area contributed by atoms with Gasteiger partial charge in [0.25, 0.3) is 0 Å². The number of rotatable bonds is 3. The zero-order chi connectivity index (χ0) is 12.3. The highest BCUT2D eigenvalue weighted by Crippen LogP contribution is 2.19. The number of hydrogen-bond acceptors (Lipinski definition) is 2. The van der Waals surface area contributed by atoms with Crippen LogP contribution in [-0.2, 0) is 6.42 Å². The molecule has 2 rings (SSSR count). The van der Waals surface area contributed by atoms with Crippen LogP contribution in [0.25, 0.3) is 0 Å². The van der Waals surface area contributed by atoms with E-state index < -0.39 is 0 Å². The summed E-state index contributed by atoms with van der Waals surface area (Å²) in [6, 6.07) is 11.6. The van der Waals surface area contributed by atoms with Crippen LogP contribution < -0.4 is 5.73 Å². The number of benzene rings is 1. The molecule has 0 saturated carbocycles. The first-order valence-electron chi connectivity index (χ1n) is 5.58. The predicted molar refractivity (Wildman–Crippen MR) is 71.1 cm³/mol. The SMILES string of the molecule is Cc1cccnc1C(N)Cc1cccc(Cl)c1. The molecule has 1 aromatic carbocycles. The average molecular weight is 247 g/mol. The van der Waals surface area contributed by atoms with Crippen molar-refractivity contribution >= 4 is 11.6 Å². The van der Waals surface area contributed by atoms with E-state index in [4.69, 9.17) is 17.3 Å². The van der Waals surface area contributed by atoms with Crippen molar-refractivity contribution in [2.24, 2.45) is 5.73 Å². The molecule has 2 aromatic rings. The van der Waals surface area contributed by atoms with Gasteiger partial charge in [0.1, 0.15) is 0 Å². The maximum atomic E-state index is 6.17. The zero-order valence-corrected chi connectivity index (χ0v) is 10.5. The van der Waals surface area contributed by atoms with Gasteiger partial charge in [0.15, 0.2) is 0 Å². The van der Waals surface area contributed by atoms with Crippen molar-refractivity contribution in [1.82, 2.24) is 4.98 Å².